The fraction of sp³-hybridized carbons (Fsp3) is 0. The second-order valence-corrected chi connectivity index (χ2v) is 16.3. The minimum absolute atomic E-state index is 0.182. The molecule has 0 atom stereocenters. The zero-order valence-corrected chi connectivity index (χ0v) is 33.7. The Bertz CT molecular complexity index is 4090. The van der Waals surface area contributed by atoms with Gasteiger partial charge in [-0.2, -0.15) is 0 Å². The summed E-state index contributed by atoms with van der Waals surface area (Å²) in [6.07, 6.45) is 0. The first kappa shape index (κ1) is 36.2. The number of benzene rings is 9. The van der Waals surface area contributed by atoms with Gasteiger partial charge in [0.25, 0.3) is 0 Å². The highest BCUT2D eigenvalue weighted by Gasteiger charge is 2.22. The summed E-state index contributed by atoms with van der Waals surface area (Å²) in [7, 11) is 32.3. The van der Waals surface area contributed by atoms with E-state index in [4.69, 9.17) is 48.1 Å². The molecule has 0 saturated heterocycles. The van der Waals surface area contributed by atoms with Gasteiger partial charge in [0.1, 0.15) is 56.0 Å². The highest BCUT2D eigenvalue weighted by atomic mass is 16.3. The minimum atomic E-state index is 0.182. The first-order valence-corrected chi connectivity index (χ1v) is 20.8. The van der Waals surface area contributed by atoms with Crippen molar-refractivity contribution in [1.29, 1.82) is 0 Å². The zero-order chi connectivity index (χ0) is 42.2. The fourth-order valence-corrected chi connectivity index (χ4v) is 9.98. The van der Waals surface area contributed by atoms with Crippen molar-refractivity contribution in [1.82, 2.24) is 9.13 Å². The molecule has 0 aliphatic rings. The maximum absolute atomic E-state index is 6.66. The van der Waals surface area contributed by atoms with Gasteiger partial charge in [0, 0.05) is 54.3 Å². The first-order valence-electron chi connectivity index (χ1n) is 20.8. The van der Waals surface area contributed by atoms with Crippen LogP contribution in [0.4, 0.5) is 0 Å². The first-order chi connectivity index (χ1) is 30.8. The maximum atomic E-state index is 6.66. The number of fused-ring (bicyclic) bond motifs is 12. The molecule has 9 aromatic carbocycles. The van der Waals surface area contributed by atoms with Crippen LogP contribution in [0, 0.1) is 0 Å². The van der Waals surface area contributed by atoms with Crippen LogP contribution in [-0.4, -0.2) is 48.4 Å². The lowest BCUT2D eigenvalue weighted by Crippen LogP contribution is -2.56. The summed E-state index contributed by atoms with van der Waals surface area (Å²) in [6.45, 7) is 0. The molecule has 4 nitrogen and oxygen atoms in total. The number of para-hydroxylation sites is 5. The van der Waals surface area contributed by atoms with Crippen LogP contribution in [0.1, 0.15) is 0 Å². The fourth-order valence-electron chi connectivity index (χ4n) is 9.98. The SMILES string of the molecule is [B]c1c([B])c([B])c(-n2c3ccccc3c3cc(-c4ccc5c(c4)c4cc(-c6cccc7c6oc6ccccc67)ccc4n5-c4cccc5c4oc4ccccc45)ccc32)c([B])c1[B]. The molecular formula is C54H27B5N2O2. The Kier molecular flexibility index (Phi) is 7.61. The van der Waals surface area contributed by atoms with Crippen LogP contribution in [0.3, 0.4) is 0 Å². The molecule has 13 aromatic rings. The third kappa shape index (κ3) is 5.05. The highest BCUT2D eigenvalue weighted by molar-refractivity contribution is 6.68. The van der Waals surface area contributed by atoms with Crippen molar-refractivity contribution in [2.24, 2.45) is 0 Å². The average molecular weight is 790 g/mol. The summed E-state index contributed by atoms with van der Waals surface area (Å²) >= 11 is 0. The van der Waals surface area contributed by atoms with E-state index in [-0.39, 0.29) is 27.3 Å². The van der Waals surface area contributed by atoms with Crippen molar-refractivity contribution in [3.8, 4) is 33.6 Å². The predicted molar refractivity (Wildman–Crippen MR) is 267 cm³/mol. The topological polar surface area (TPSA) is 36.1 Å². The summed E-state index contributed by atoms with van der Waals surface area (Å²) < 4.78 is 17.5. The second-order valence-electron chi connectivity index (χ2n) is 16.3. The van der Waals surface area contributed by atoms with Crippen LogP contribution < -0.4 is 27.3 Å². The lowest BCUT2D eigenvalue weighted by atomic mass is 9.61. The molecule has 0 aliphatic heterocycles. The van der Waals surface area contributed by atoms with Crippen LogP contribution in [-0.2, 0) is 0 Å². The van der Waals surface area contributed by atoms with Gasteiger partial charge in [-0.3, -0.25) is 0 Å². The van der Waals surface area contributed by atoms with Gasteiger partial charge in [0.2, 0.25) is 0 Å². The van der Waals surface area contributed by atoms with E-state index >= 15 is 0 Å². The van der Waals surface area contributed by atoms with Gasteiger partial charge < -0.3 is 18.0 Å². The molecule has 0 fully saturated rings. The van der Waals surface area contributed by atoms with Gasteiger partial charge in [-0.15, -0.1) is 16.4 Å². The van der Waals surface area contributed by atoms with E-state index in [1.54, 1.807) is 0 Å². The molecule has 0 spiro atoms. The Morgan fingerprint density at radius 3 is 1.41 bits per heavy atom. The molecule has 280 valence electrons. The molecule has 0 aliphatic carbocycles. The van der Waals surface area contributed by atoms with Gasteiger partial charge in [0.15, 0.2) is 5.58 Å². The summed E-state index contributed by atoms with van der Waals surface area (Å²) in [4.78, 5) is 0. The van der Waals surface area contributed by atoms with Crippen LogP contribution in [0.5, 0.6) is 0 Å². The van der Waals surface area contributed by atoms with Gasteiger partial charge in [-0.25, -0.2) is 0 Å². The summed E-state index contributed by atoms with van der Waals surface area (Å²) in [6, 6.07) is 57.3. The van der Waals surface area contributed by atoms with E-state index in [2.05, 4.69) is 126 Å². The van der Waals surface area contributed by atoms with Gasteiger partial charge in [-0.1, -0.05) is 114 Å². The molecule has 0 saturated carbocycles. The van der Waals surface area contributed by atoms with Crippen molar-refractivity contribution in [2.45, 2.75) is 0 Å². The number of hydrogen-bond acceptors (Lipinski definition) is 2. The monoisotopic (exact) mass is 790 g/mol. The Hall–Kier alpha value is -7.50. The molecule has 4 heterocycles. The van der Waals surface area contributed by atoms with Crippen LogP contribution in [0.2, 0.25) is 0 Å². The third-order valence-electron chi connectivity index (χ3n) is 13.0. The van der Waals surface area contributed by atoms with E-state index in [1.165, 1.54) is 0 Å². The largest absolute Gasteiger partial charge is 0.455 e. The molecule has 4 aromatic heterocycles. The van der Waals surface area contributed by atoms with Crippen LogP contribution >= 0.6 is 0 Å². The molecule has 10 radical (unpaired) electrons. The van der Waals surface area contributed by atoms with Crippen LogP contribution in [0.25, 0.3) is 121 Å². The van der Waals surface area contributed by atoms with Gasteiger partial charge in [-0.05, 0) is 77.4 Å². The normalized spacial score (nSPS) is 12.1. The van der Waals surface area contributed by atoms with Crippen LogP contribution in [0.15, 0.2) is 173 Å². The standard InChI is InChI=1S/C54H27B5N2O2/c55-47-48(56)50(58)52(51(59)49(47)57)61-40-15-4-1-9-32(40)37-25-28(20-23-43(37)61)29-19-22-41-38(26-29)39-27-30(31-12-7-13-35-33-10-2-5-17-45(33)62-53(31)35)21-24-42(39)60(41)44-16-8-14-36-34-11-3-6-18-46(34)63-54(36)44/h1-27H. The molecule has 63 heavy (non-hydrogen) atoms. The third-order valence-corrected chi connectivity index (χ3v) is 13.0. The van der Waals surface area contributed by atoms with Crippen molar-refractivity contribution >= 4 is 154 Å². The smallest absolute Gasteiger partial charge is 0.159 e. The number of rotatable bonds is 4. The quantitative estimate of drug-likeness (QED) is 0.167. The molecular weight excluding hydrogens is 763 g/mol. The van der Waals surface area contributed by atoms with E-state index in [9.17, 15) is 0 Å². The Labute approximate surface area is 367 Å². The molecule has 0 amide bonds. The van der Waals surface area contributed by atoms with Gasteiger partial charge >= 0.3 is 0 Å². The van der Waals surface area contributed by atoms with Crippen molar-refractivity contribution in [3.05, 3.63) is 164 Å². The Balaban J connectivity index is 1.06. The lowest BCUT2D eigenvalue weighted by Gasteiger charge is -2.23. The Morgan fingerprint density at radius 1 is 0.317 bits per heavy atom. The number of hydrogen-bond donors (Lipinski definition) is 0. The molecule has 13 rings (SSSR count). The van der Waals surface area contributed by atoms with Crippen molar-refractivity contribution in [2.75, 3.05) is 0 Å². The Morgan fingerprint density at radius 2 is 0.762 bits per heavy atom. The molecule has 0 bridgehead atoms. The van der Waals surface area contributed by atoms with E-state index in [0.717, 1.165) is 115 Å². The zero-order valence-electron chi connectivity index (χ0n) is 33.7. The highest BCUT2D eigenvalue weighted by Crippen LogP contribution is 2.43. The van der Waals surface area contributed by atoms with Gasteiger partial charge in [0.05, 0.1) is 27.8 Å². The van der Waals surface area contributed by atoms with E-state index in [0.29, 0.717) is 5.69 Å². The molecule has 0 N–H and O–H groups in total. The summed E-state index contributed by atoms with van der Waals surface area (Å²) in [5.74, 6) is 0. The number of furan rings is 2. The number of aromatic nitrogens is 2. The van der Waals surface area contributed by atoms with Crippen molar-refractivity contribution in [3.63, 3.8) is 0 Å². The molecule has 9 heteroatoms. The van der Waals surface area contributed by atoms with Crippen molar-refractivity contribution < 1.29 is 8.83 Å². The predicted octanol–water partition coefficient (Wildman–Crippen LogP) is 8.98. The van der Waals surface area contributed by atoms with E-state index < -0.39 is 0 Å². The minimum Gasteiger partial charge on any atom is -0.455 e. The lowest BCUT2D eigenvalue weighted by molar-refractivity contribution is 0.666. The van der Waals surface area contributed by atoms with E-state index in [1.807, 2.05) is 47.0 Å². The summed E-state index contributed by atoms with van der Waals surface area (Å²) in [5.41, 5.74) is 14.2. The number of nitrogens with zero attached hydrogens (tertiary/aromatic N) is 2. The summed E-state index contributed by atoms with van der Waals surface area (Å²) in [5, 5.41) is 8.61. The average Bonchev–Trinajstić information content (AvgIpc) is 4.08. The molecule has 0 unspecified atom stereocenters. The maximum Gasteiger partial charge on any atom is 0.159 e. The second kappa shape index (κ2) is 13.3.